The topological polar surface area (TPSA) is 44.8 Å². The van der Waals surface area contributed by atoms with Gasteiger partial charge in [0, 0.05) is 12.7 Å². The van der Waals surface area contributed by atoms with Gasteiger partial charge in [0.05, 0.1) is 13.2 Å². The maximum Gasteiger partial charge on any atom is 0.189 e. The number of carbonyl (C=O) groups is 1. The van der Waals surface area contributed by atoms with Gasteiger partial charge in [-0.05, 0) is 25.1 Å². The predicted octanol–water partition coefficient (Wildman–Crippen LogP) is 2.29. The minimum absolute atomic E-state index is 0.00106. The van der Waals surface area contributed by atoms with Crippen molar-refractivity contribution in [1.29, 1.82) is 0 Å². The second-order valence-corrected chi connectivity index (χ2v) is 3.65. The lowest BCUT2D eigenvalue weighted by Gasteiger charge is -2.09. The van der Waals surface area contributed by atoms with Gasteiger partial charge in [-0.1, -0.05) is 18.2 Å². The molecule has 0 aliphatic rings. The van der Waals surface area contributed by atoms with Crippen molar-refractivity contribution in [2.24, 2.45) is 0 Å². The first-order valence-corrected chi connectivity index (χ1v) is 5.71. The van der Waals surface area contributed by atoms with Crippen molar-refractivity contribution < 1.29 is 19.0 Å². The molecule has 0 fully saturated rings. The van der Waals surface area contributed by atoms with Gasteiger partial charge in [-0.3, -0.25) is 4.79 Å². The van der Waals surface area contributed by atoms with E-state index in [-0.39, 0.29) is 12.6 Å². The van der Waals surface area contributed by atoms with Crippen LogP contribution in [0.5, 0.6) is 5.75 Å². The highest BCUT2D eigenvalue weighted by molar-refractivity contribution is 5.91. The molecule has 0 N–H and O–H groups in total. The summed E-state index contributed by atoms with van der Waals surface area (Å²) in [5, 5.41) is 0. The van der Waals surface area contributed by atoms with E-state index in [0.717, 1.165) is 5.56 Å². The Morgan fingerprint density at radius 1 is 1.28 bits per heavy atom. The van der Waals surface area contributed by atoms with Crippen molar-refractivity contribution in [1.82, 2.24) is 0 Å². The average Bonchev–Trinajstić information content (AvgIpc) is 2.37. The van der Waals surface area contributed by atoms with Crippen molar-refractivity contribution in [3.63, 3.8) is 0 Å². The fourth-order valence-corrected chi connectivity index (χ4v) is 1.26. The van der Waals surface area contributed by atoms with E-state index < -0.39 is 0 Å². The van der Waals surface area contributed by atoms with Crippen LogP contribution in [-0.4, -0.2) is 32.9 Å². The van der Waals surface area contributed by atoms with E-state index in [1.54, 1.807) is 13.2 Å². The lowest BCUT2D eigenvalue weighted by atomic mass is 10.2. The minimum Gasteiger partial charge on any atom is -0.467 e. The van der Waals surface area contributed by atoms with E-state index in [1.165, 1.54) is 13.0 Å². The maximum absolute atomic E-state index is 10.9. The molecule has 0 aliphatic carbocycles. The third-order valence-electron chi connectivity index (χ3n) is 2.15. The fourth-order valence-electron chi connectivity index (χ4n) is 1.26. The molecule has 0 heterocycles. The van der Waals surface area contributed by atoms with Gasteiger partial charge in [-0.15, -0.1) is 0 Å². The number of benzene rings is 1. The Morgan fingerprint density at radius 3 is 2.78 bits per heavy atom. The van der Waals surface area contributed by atoms with Crippen LogP contribution in [0.4, 0.5) is 0 Å². The molecule has 4 nitrogen and oxygen atoms in total. The van der Waals surface area contributed by atoms with Crippen molar-refractivity contribution in [2.75, 3.05) is 27.1 Å². The van der Waals surface area contributed by atoms with Gasteiger partial charge in [0.2, 0.25) is 0 Å². The lowest BCUT2D eigenvalue weighted by molar-refractivity contribution is -0.112. The van der Waals surface area contributed by atoms with E-state index in [9.17, 15) is 4.79 Å². The van der Waals surface area contributed by atoms with Crippen LogP contribution in [-0.2, 0) is 14.3 Å². The zero-order valence-corrected chi connectivity index (χ0v) is 10.7. The molecule has 98 valence electrons. The molecule has 0 spiro atoms. The number of carbonyl (C=O) groups excluding carboxylic acids is 1. The molecule has 4 heteroatoms. The zero-order valence-electron chi connectivity index (χ0n) is 10.7. The van der Waals surface area contributed by atoms with E-state index in [0.29, 0.717) is 19.0 Å². The molecule has 0 atom stereocenters. The van der Waals surface area contributed by atoms with Gasteiger partial charge in [0.15, 0.2) is 12.6 Å². The van der Waals surface area contributed by atoms with E-state index >= 15 is 0 Å². The van der Waals surface area contributed by atoms with Gasteiger partial charge in [-0.2, -0.15) is 0 Å². The number of methoxy groups -OCH3 is 1. The summed E-state index contributed by atoms with van der Waals surface area (Å²) < 4.78 is 15.5. The van der Waals surface area contributed by atoms with Crippen LogP contribution in [0.15, 0.2) is 30.3 Å². The van der Waals surface area contributed by atoms with Gasteiger partial charge in [0.1, 0.15) is 5.75 Å². The molecule has 1 aromatic rings. The highest BCUT2D eigenvalue weighted by atomic mass is 16.7. The second-order valence-electron chi connectivity index (χ2n) is 3.65. The van der Waals surface area contributed by atoms with Crippen molar-refractivity contribution in [3.05, 3.63) is 35.9 Å². The largest absolute Gasteiger partial charge is 0.467 e. The Hall–Kier alpha value is -1.65. The Kier molecular flexibility index (Phi) is 6.76. The van der Waals surface area contributed by atoms with E-state index in [1.807, 2.05) is 24.3 Å². The maximum atomic E-state index is 10.9. The normalized spacial score (nSPS) is 10.8. The van der Waals surface area contributed by atoms with Crippen molar-refractivity contribution in [3.8, 4) is 5.75 Å². The summed E-state index contributed by atoms with van der Waals surface area (Å²) in [7, 11) is 1.62. The van der Waals surface area contributed by atoms with Crippen LogP contribution in [0.1, 0.15) is 12.5 Å². The minimum atomic E-state index is 0.00106. The number of hydrogen-bond acceptors (Lipinski definition) is 4. The molecular weight excluding hydrogens is 232 g/mol. The molecule has 0 aromatic heterocycles. The molecular formula is C14H18O4. The Bertz CT molecular complexity index is 399. The van der Waals surface area contributed by atoms with Crippen LogP contribution < -0.4 is 4.74 Å². The molecule has 0 bridgehead atoms. The smallest absolute Gasteiger partial charge is 0.189 e. The van der Waals surface area contributed by atoms with Crippen LogP contribution in [0.3, 0.4) is 0 Å². The summed E-state index contributed by atoms with van der Waals surface area (Å²) in [5.41, 5.74) is 0.850. The SMILES string of the molecule is COCCOCOc1ccccc1/C=C/C(C)=O. The highest BCUT2D eigenvalue weighted by Crippen LogP contribution is 2.19. The monoisotopic (exact) mass is 250 g/mol. The molecule has 0 aliphatic heterocycles. The first-order valence-electron chi connectivity index (χ1n) is 5.71. The molecule has 0 unspecified atom stereocenters. The summed E-state index contributed by atoms with van der Waals surface area (Å²) in [4.78, 5) is 10.9. The van der Waals surface area contributed by atoms with Crippen LogP contribution in [0.25, 0.3) is 6.08 Å². The summed E-state index contributed by atoms with van der Waals surface area (Å²) in [6.45, 7) is 2.69. The lowest BCUT2D eigenvalue weighted by Crippen LogP contribution is -2.08. The zero-order chi connectivity index (χ0) is 13.2. The second kappa shape index (κ2) is 8.44. The van der Waals surface area contributed by atoms with Crippen LogP contribution in [0, 0.1) is 0 Å². The van der Waals surface area contributed by atoms with Crippen molar-refractivity contribution >= 4 is 11.9 Å². The third-order valence-corrected chi connectivity index (χ3v) is 2.15. The summed E-state index contributed by atoms with van der Waals surface area (Å²) in [6.07, 6.45) is 3.24. The van der Waals surface area contributed by atoms with Crippen molar-refractivity contribution in [2.45, 2.75) is 6.92 Å². The summed E-state index contributed by atoms with van der Waals surface area (Å²) >= 11 is 0. The predicted molar refractivity (Wildman–Crippen MR) is 69.5 cm³/mol. The molecule has 0 saturated heterocycles. The first kappa shape index (κ1) is 14.4. The van der Waals surface area contributed by atoms with Gasteiger partial charge >= 0.3 is 0 Å². The number of allylic oxidation sites excluding steroid dienone is 1. The number of ether oxygens (including phenoxy) is 3. The summed E-state index contributed by atoms with van der Waals surface area (Å²) in [6, 6.07) is 7.47. The van der Waals surface area contributed by atoms with Gasteiger partial charge in [-0.25, -0.2) is 0 Å². The van der Waals surface area contributed by atoms with Gasteiger partial charge < -0.3 is 14.2 Å². The Balaban J connectivity index is 2.51. The Labute approximate surface area is 107 Å². The number of hydrogen-bond donors (Lipinski definition) is 0. The molecule has 1 rings (SSSR count). The quantitative estimate of drug-likeness (QED) is 0.403. The van der Waals surface area contributed by atoms with E-state index in [2.05, 4.69) is 0 Å². The van der Waals surface area contributed by atoms with Crippen LogP contribution in [0.2, 0.25) is 0 Å². The first-order chi connectivity index (χ1) is 8.74. The molecule has 1 aromatic carbocycles. The molecule has 0 radical (unpaired) electrons. The van der Waals surface area contributed by atoms with E-state index in [4.69, 9.17) is 14.2 Å². The van der Waals surface area contributed by atoms with Gasteiger partial charge in [0.25, 0.3) is 0 Å². The molecule has 0 saturated carbocycles. The van der Waals surface area contributed by atoms with Crippen LogP contribution >= 0.6 is 0 Å². The molecule has 18 heavy (non-hydrogen) atoms. The molecule has 0 amide bonds. The Morgan fingerprint density at radius 2 is 2.06 bits per heavy atom. The highest BCUT2D eigenvalue weighted by Gasteiger charge is 1.99. The summed E-state index contributed by atoms with van der Waals surface area (Å²) in [5.74, 6) is 0.688. The number of ketones is 1. The number of para-hydroxylation sites is 1. The third kappa shape index (κ3) is 5.61. The number of rotatable bonds is 8. The standard InChI is InChI=1S/C14H18O4/c1-12(15)7-8-13-5-3-4-6-14(13)18-11-17-10-9-16-2/h3-8H,9-11H2,1-2H3/b8-7+. The average molecular weight is 250 g/mol. The fraction of sp³-hybridized carbons (Fsp3) is 0.357.